The van der Waals surface area contributed by atoms with E-state index in [0.717, 1.165) is 29.1 Å². The van der Waals surface area contributed by atoms with Gasteiger partial charge in [0, 0.05) is 34.3 Å². The van der Waals surface area contributed by atoms with Gasteiger partial charge in [0.05, 0.1) is 24.0 Å². The number of benzene rings is 2. The molecule has 39 heavy (non-hydrogen) atoms. The van der Waals surface area contributed by atoms with Gasteiger partial charge in [0.2, 0.25) is 11.8 Å². The number of carbonyl (C=O) groups is 1. The van der Waals surface area contributed by atoms with Gasteiger partial charge in [-0.3, -0.25) is 4.79 Å². The van der Waals surface area contributed by atoms with Crippen LogP contribution in [0.25, 0.3) is 22.8 Å². The van der Waals surface area contributed by atoms with Crippen LogP contribution < -0.4 is 5.73 Å². The second kappa shape index (κ2) is 10.2. The van der Waals surface area contributed by atoms with E-state index in [-0.39, 0.29) is 11.9 Å². The van der Waals surface area contributed by atoms with Crippen molar-refractivity contribution in [1.82, 2.24) is 19.9 Å². The third-order valence-corrected chi connectivity index (χ3v) is 8.05. The van der Waals surface area contributed by atoms with E-state index in [1.807, 2.05) is 72.7 Å². The summed E-state index contributed by atoms with van der Waals surface area (Å²) >= 11 is 1.60. The molecular weight excluding hydrogens is 510 g/mol. The Morgan fingerprint density at radius 1 is 1.18 bits per heavy atom. The van der Waals surface area contributed by atoms with Crippen molar-refractivity contribution in [2.24, 2.45) is 5.73 Å². The Balaban J connectivity index is 1.35. The molecule has 0 radical (unpaired) electrons. The summed E-state index contributed by atoms with van der Waals surface area (Å²) in [4.78, 5) is 29.3. The van der Waals surface area contributed by atoms with Gasteiger partial charge in [-0.1, -0.05) is 30.3 Å². The standard InChI is InChI=1S/C30H29N5O3S/c1-19-18-39-27(34-19)24-9-6-11-35(24)28(36)23-14-21(13-22(15-23)26-32-10-12-37-26)25-17-33-29(38-25)30(2,31)16-20-7-4-3-5-8-20/h3-5,7-8,10,12-15,17-18,24H,6,9,11,16,31H2,1-2H3/t24-,30?/m1/s1. The number of aryl methyl sites for hydroxylation is 1. The summed E-state index contributed by atoms with van der Waals surface area (Å²) in [6.45, 7) is 4.56. The number of thiazole rings is 1. The molecule has 8 nitrogen and oxygen atoms in total. The van der Waals surface area contributed by atoms with Crippen LogP contribution >= 0.6 is 11.3 Å². The van der Waals surface area contributed by atoms with Gasteiger partial charge in [0.1, 0.15) is 11.3 Å². The van der Waals surface area contributed by atoms with Crippen molar-refractivity contribution in [1.29, 1.82) is 0 Å². The number of aromatic nitrogens is 3. The second-order valence-corrected chi connectivity index (χ2v) is 11.1. The highest BCUT2D eigenvalue weighted by atomic mass is 32.1. The Hall–Kier alpha value is -4.08. The molecule has 2 aromatic carbocycles. The Morgan fingerprint density at radius 2 is 2.00 bits per heavy atom. The van der Waals surface area contributed by atoms with Crippen LogP contribution in [0.5, 0.6) is 0 Å². The lowest BCUT2D eigenvalue weighted by atomic mass is 9.94. The van der Waals surface area contributed by atoms with Gasteiger partial charge in [0.25, 0.3) is 5.91 Å². The predicted octanol–water partition coefficient (Wildman–Crippen LogP) is 6.16. The number of rotatable bonds is 7. The maximum absolute atomic E-state index is 13.9. The van der Waals surface area contributed by atoms with E-state index >= 15 is 0 Å². The zero-order valence-electron chi connectivity index (χ0n) is 21.8. The zero-order valence-corrected chi connectivity index (χ0v) is 22.6. The zero-order chi connectivity index (χ0) is 27.0. The Labute approximate surface area is 230 Å². The monoisotopic (exact) mass is 539 g/mol. The van der Waals surface area contributed by atoms with Gasteiger partial charge >= 0.3 is 0 Å². The largest absolute Gasteiger partial charge is 0.445 e. The maximum atomic E-state index is 13.9. The minimum Gasteiger partial charge on any atom is -0.445 e. The molecule has 5 aromatic rings. The summed E-state index contributed by atoms with van der Waals surface area (Å²) in [6, 6.07) is 15.5. The molecule has 0 saturated carbocycles. The summed E-state index contributed by atoms with van der Waals surface area (Å²) in [5, 5.41) is 3.00. The third kappa shape index (κ3) is 5.15. The van der Waals surface area contributed by atoms with E-state index in [0.29, 0.717) is 47.2 Å². The molecule has 1 aliphatic heterocycles. The minimum absolute atomic E-state index is 0.0298. The molecule has 1 aliphatic rings. The van der Waals surface area contributed by atoms with Gasteiger partial charge in [-0.15, -0.1) is 11.3 Å². The topological polar surface area (TPSA) is 111 Å². The van der Waals surface area contributed by atoms with Crippen LogP contribution in [0.2, 0.25) is 0 Å². The quantitative estimate of drug-likeness (QED) is 0.264. The first-order valence-corrected chi connectivity index (χ1v) is 13.8. The molecule has 0 bridgehead atoms. The van der Waals surface area contributed by atoms with Crippen molar-refractivity contribution in [2.45, 2.75) is 44.7 Å². The van der Waals surface area contributed by atoms with Crippen LogP contribution in [0.1, 0.15) is 58.3 Å². The molecule has 2 N–H and O–H groups in total. The van der Waals surface area contributed by atoms with Crippen LogP contribution in [-0.2, 0) is 12.0 Å². The number of amides is 1. The molecule has 1 amide bonds. The van der Waals surface area contributed by atoms with Crippen molar-refractivity contribution in [3.05, 3.63) is 100 Å². The molecular formula is C30H29N5O3S. The molecule has 1 fully saturated rings. The Kier molecular flexibility index (Phi) is 6.62. The van der Waals surface area contributed by atoms with Crippen LogP contribution in [0, 0.1) is 6.92 Å². The lowest BCUT2D eigenvalue weighted by Gasteiger charge is -2.23. The van der Waals surface area contributed by atoms with Crippen molar-refractivity contribution >= 4 is 17.2 Å². The average molecular weight is 540 g/mol. The first-order chi connectivity index (χ1) is 18.9. The SMILES string of the molecule is Cc1csc([C@H]2CCCN2C(=O)c2cc(-c3cnc(C(C)(N)Cc4ccccc4)o3)cc(-c3ncco3)c2)n1. The second-order valence-electron chi connectivity index (χ2n) is 10.2. The molecule has 1 saturated heterocycles. The van der Waals surface area contributed by atoms with E-state index < -0.39 is 5.54 Å². The van der Waals surface area contributed by atoms with E-state index in [1.165, 1.54) is 6.26 Å². The average Bonchev–Trinajstić information content (AvgIpc) is 3.74. The number of nitrogens with two attached hydrogens (primary N) is 1. The lowest BCUT2D eigenvalue weighted by Crippen LogP contribution is -2.35. The molecule has 2 atom stereocenters. The van der Waals surface area contributed by atoms with Gasteiger partial charge < -0.3 is 19.5 Å². The van der Waals surface area contributed by atoms with E-state index in [2.05, 4.69) is 15.0 Å². The number of oxazole rings is 2. The summed E-state index contributed by atoms with van der Waals surface area (Å²) in [6.07, 6.45) is 7.16. The van der Waals surface area contributed by atoms with E-state index in [4.69, 9.17) is 14.6 Å². The summed E-state index contributed by atoms with van der Waals surface area (Å²) in [7, 11) is 0. The molecule has 4 heterocycles. The molecule has 3 aromatic heterocycles. The molecule has 9 heteroatoms. The molecule has 0 aliphatic carbocycles. The number of likely N-dealkylation sites (tertiary alicyclic amines) is 1. The Bertz CT molecular complexity index is 1590. The Morgan fingerprint density at radius 3 is 2.74 bits per heavy atom. The normalized spacial score (nSPS) is 16.9. The summed E-state index contributed by atoms with van der Waals surface area (Å²) in [5.74, 6) is 1.31. The van der Waals surface area contributed by atoms with Crippen LogP contribution in [0.15, 0.2) is 81.4 Å². The summed E-state index contributed by atoms with van der Waals surface area (Å²) < 4.78 is 11.8. The predicted molar refractivity (Wildman–Crippen MR) is 149 cm³/mol. The smallest absolute Gasteiger partial charge is 0.254 e. The van der Waals surface area contributed by atoms with Crippen molar-refractivity contribution in [3.8, 4) is 22.8 Å². The van der Waals surface area contributed by atoms with Crippen molar-refractivity contribution in [2.75, 3.05) is 6.54 Å². The molecule has 6 rings (SSSR count). The molecule has 198 valence electrons. The number of hydrogen-bond acceptors (Lipinski definition) is 8. The van der Waals surface area contributed by atoms with Crippen molar-refractivity contribution in [3.63, 3.8) is 0 Å². The van der Waals surface area contributed by atoms with Crippen LogP contribution in [0.4, 0.5) is 0 Å². The van der Waals surface area contributed by atoms with Crippen LogP contribution in [0.3, 0.4) is 0 Å². The van der Waals surface area contributed by atoms with Gasteiger partial charge in [0.15, 0.2) is 5.76 Å². The number of carbonyl (C=O) groups excluding carboxylic acids is 1. The summed E-state index contributed by atoms with van der Waals surface area (Å²) in [5.41, 5.74) is 9.82. The lowest BCUT2D eigenvalue weighted by molar-refractivity contribution is 0.0735. The fourth-order valence-electron chi connectivity index (χ4n) is 5.11. The number of hydrogen-bond donors (Lipinski definition) is 1. The van der Waals surface area contributed by atoms with E-state index in [1.54, 1.807) is 23.7 Å². The highest BCUT2D eigenvalue weighted by Crippen LogP contribution is 2.37. The number of nitrogens with zero attached hydrogens (tertiary/aromatic N) is 4. The fourth-order valence-corrected chi connectivity index (χ4v) is 6.05. The highest BCUT2D eigenvalue weighted by Gasteiger charge is 2.33. The van der Waals surface area contributed by atoms with Gasteiger partial charge in [-0.05, 0) is 56.9 Å². The first kappa shape index (κ1) is 25.2. The van der Waals surface area contributed by atoms with Gasteiger partial charge in [-0.2, -0.15) is 0 Å². The third-order valence-electron chi connectivity index (χ3n) is 6.99. The van der Waals surface area contributed by atoms with Crippen molar-refractivity contribution < 1.29 is 13.6 Å². The minimum atomic E-state index is -0.812. The molecule has 0 spiro atoms. The van der Waals surface area contributed by atoms with Crippen LogP contribution in [-0.4, -0.2) is 32.3 Å². The van der Waals surface area contributed by atoms with E-state index in [9.17, 15) is 4.79 Å². The fraction of sp³-hybridized carbons (Fsp3) is 0.267. The highest BCUT2D eigenvalue weighted by molar-refractivity contribution is 7.09. The maximum Gasteiger partial charge on any atom is 0.254 e. The van der Waals surface area contributed by atoms with Gasteiger partial charge in [-0.25, -0.2) is 15.0 Å². The first-order valence-electron chi connectivity index (χ1n) is 12.9. The molecule has 1 unspecified atom stereocenters.